The van der Waals surface area contributed by atoms with E-state index in [1.165, 1.54) is 0 Å². The first-order chi connectivity index (χ1) is 5.76. The lowest BCUT2D eigenvalue weighted by atomic mass is 10.1. The van der Waals surface area contributed by atoms with Gasteiger partial charge >= 0.3 is 0 Å². The van der Waals surface area contributed by atoms with Crippen molar-refractivity contribution in [3.8, 4) is 0 Å². The highest BCUT2D eigenvalue weighted by Gasteiger charge is 2.24. The summed E-state index contributed by atoms with van der Waals surface area (Å²) in [7, 11) is 0. The van der Waals surface area contributed by atoms with E-state index in [0.29, 0.717) is 5.92 Å². The molecule has 3 nitrogen and oxygen atoms in total. The maximum atomic E-state index is 10.9. The average Bonchev–Trinajstić information content (AvgIpc) is 2.52. The molecule has 2 unspecified atom stereocenters. The van der Waals surface area contributed by atoms with Gasteiger partial charge in [0.05, 0.1) is 0 Å². The van der Waals surface area contributed by atoms with Crippen molar-refractivity contribution in [2.24, 2.45) is 5.92 Å². The number of carbonyl (C=O) groups is 1. The first-order valence-electron chi connectivity index (χ1n) is 4.22. The third-order valence-corrected chi connectivity index (χ3v) is 2.53. The normalized spacial score (nSPS) is 28.8. The Morgan fingerprint density at radius 1 is 1.58 bits per heavy atom. The lowest BCUT2D eigenvalue weighted by molar-refractivity contribution is -0.119. The molecule has 70 valence electrons. The minimum absolute atomic E-state index is 0.0281. The molecular weight excluding hydrogens is 178 g/mol. The Morgan fingerprint density at radius 3 is 2.83 bits per heavy atom. The molecule has 12 heavy (non-hydrogen) atoms. The predicted octanol–water partition coefficient (Wildman–Crippen LogP) is 0.502. The van der Waals surface area contributed by atoms with Crippen LogP contribution in [-0.2, 0) is 4.79 Å². The zero-order valence-corrected chi connectivity index (χ0v) is 7.68. The van der Waals surface area contributed by atoms with Crippen LogP contribution < -0.4 is 5.32 Å². The minimum atomic E-state index is -0.111. The third kappa shape index (κ3) is 2.64. The lowest BCUT2D eigenvalue weighted by Gasteiger charge is -2.10. The van der Waals surface area contributed by atoms with Gasteiger partial charge in [-0.05, 0) is 25.2 Å². The van der Waals surface area contributed by atoms with Crippen LogP contribution in [0, 0.1) is 5.92 Å². The van der Waals surface area contributed by atoms with Crippen molar-refractivity contribution >= 4 is 17.5 Å². The van der Waals surface area contributed by atoms with Gasteiger partial charge in [0, 0.05) is 12.6 Å². The van der Waals surface area contributed by atoms with Gasteiger partial charge in [-0.25, -0.2) is 0 Å². The standard InChI is InChI=1S/C8H14ClNO2/c9-4-8(12)10-7-2-1-6(3-7)5-11/h6-7,11H,1-5H2,(H,10,12). The molecule has 0 aromatic carbocycles. The highest BCUT2D eigenvalue weighted by Crippen LogP contribution is 2.24. The zero-order valence-electron chi connectivity index (χ0n) is 6.92. The largest absolute Gasteiger partial charge is 0.396 e. The fraction of sp³-hybridized carbons (Fsp3) is 0.875. The van der Waals surface area contributed by atoms with Gasteiger partial charge in [0.2, 0.25) is 5.91 Å². The van der Waals surface area contributed by atoms with Gasteiger partial charge in [0.1, 0.15) is 5.88 Å². The number of hydrogen-bond acceptors (Lipinski definition) is 2. The Labute approximate surface area is 77.1 Å². The van der Waals surface area contributed by atoms with Gasteiger partial charge in [0.25, 0.3) is 0 Å². The van der Waals surface area contributed by atoms with Crippen LogP contribution >= 0.6 is 11.6 Å². The second kappa shape index (κ2) is 4.67. The molecule has 1 rings (SSSR count). The van der Waals surface area contributed by atoms with Crippen LogP contribution in [0.5, 0.6) is 0 Å². The number of aliphatic hydroxyl groups excluding tert-OH is 1. The van der Waals surface area contributed by atoms with Crippen molar-refractivity contribution < 1.29 is 9.90 Å². The number of halogens is 1. The highest BCUT2D eigenvalue weighted by atomic mass is 35.5. The predicted molar refractivity (Wildman–Crippen MR) is 47.1 cm³/mol. The monoisotopic (exact) mass is 191 g/mol. The molecule has 1 saturated carbocycles. The van der Waals surface area contributed by atoms with Crippen LogP contribution in [0.15, 0.2) is 0 Å². The maximum Gasteiger partial charge on any atom is 0.235 e. The molecule has 0 bridgehead atoms. The molecular formula is C8H14ClNO2. The van der Waals surface area contributed by atoms with Crippen LogP contribution in [0.3, 0.4) is 0 Å². The van der Waals surface area contributed by atoms with Crippen LogP contribution in [-0.4, -0.2) is 29.5 Å². The minimum Gasteiger partial charge on any atom is -0.396 e. The molecule has 0 spiro atoms. The summed E-state index contributed by atoms with van der Waals surface area (Å²) in [5, 5.41) is 11.6. The molecule has 1 fully saturated rings. The van der Waals surface area contributed by atoms with Crippen molar-refractivity contribution in [2.45, 2.75) is 25.3 Å². The molecule has 0 radical (unpaired) electrons. The number of rotatable bonds is 3. The van der Waals surface area contributed by atoms with E-state index in [4.69, 9.17) is 16.7 Å². The fourth-order valence-corrected chi connectivity index (χ4v) is 1.72. The van der Waals surface area contributed by atoms with Crippen molar-refractivity contribution in [2.75, 3.05) is 12.5 Å². The molecule has 4 heteroatoms. The summed E-state index contributed by atoms with van der Waals surface area (Å²) >= 11 is 5.34. The van der Waals surface area contributed by atoms with E-state index < -0.39 is 0 Å². The number of carbonyl (C=O) groups excluding carboxylic acids is 1. The van der Waals surface area contributed by atoms with E-state index in [1.807, 2.05) is 0 Å². The first-order valence-corrected chi connectivity index (χ1v) is 4.76. The fourth-order valence-electron chi connectivity index (χ4n) is 1.64. The third-order valence-electron chi connectivity index (χ3n) is 2.29. The van der Waals surface area contributed by atoms with Crippen LogP contribution in [0.25, 0.3) is 0 Å². The van der Waals surface area contributed by atoms with E-state index in [1.54, 1.807) is 0 Å². The molecule has 2 N–H and O–H groups in total. The van der Waals surface area contributed by atoms with E-state index in [9.17, 15) is 4.79 Å². The molecule has 1 aliphatic carbocycles. The Balaban J connectivity index is 2.23. The number of nitrogens with one attached hydrogen (secondary N) is 1. The van der Waals surface area contributed by atoms with Crippen molar-refractivity contribution in [1.82, 2.24) is 5.32 Å². The second-order valence-corrected chi connectivity index (χ2v) is 3.53. The number of aliphatic hydroxyl groups is 1. The zero-order chi connectivity index (χ0) is 8.97. The number of amides is 1. The molecule has 1 amide bonds. The summed E-state index contributed by atoms with van der Waals surface area (Å²) in [6.45, 7) is 0.229. The van der Waals surface area contributed by atoms with E-state index >= 15 is 0 Å². The molecule has 0 aliphatic heterocycles. The van der Waals surface area contributed by atoms with Crippen molar-refractivity contribution in [3.63, 3.8) is 0 Å². The quantitative estimate of drug-likeness (QED) is 0.639. The Morgan fingerprint density at radius 2 is 2.33 bits per heavy atom. The summed E-state index contributed by atoms with van der Waals surface area (Å²) < 4.78 is 0. The Bertz CT molecular complexity index is 163. The maximum absolute atomic E-state index is 10.9. The molecule has 0 aromatic heterocycles. The molecule has 1 aliphatic rings. The Kier molecular flexibility index (Phi) is 3.82. The smallest absolute Gasteiger partial charge is 0.235 e. The summed E-state index contributed by atoms with van der Waals surface area (Å²) in [5.41, 5.74) is 0. The van der Waals surface area contributed by atoms with Crippen LogP contribution in [0.4, 0.5) is 0 Å². The molecule has 0 heterocycles. The average molecular weight is 192 g/mol. The first kappa shape index (κ1) is 9.81. The molecule has 0 saturated heterocycles. The number of alkyl halides is 1. The topological polar surface area (TPSA) is 49.3 Å². The van der Waals surface area contributed by atoms with Gasteiger partial charge in [0.15, 0.2) is 0 Å². The molecule has 2 atom stereocenters. The highest BCUT2D eigenvalue weighted by molar-refractivity contribution is 6.27. The van der Waals surface area contributed by atoms with E-state index in [2.05, 4.69) is 5.32 Å². The lowest BCUT2D eigenvalue weighted by Crippen LogP contribution is -2.33. The van der Waals surface area contributed by atoms with Crippen molar-refractivity contribution in [1.29, 1.82) is 0 Å². The summed E-state index contributed by atoms with van der Waals surface area (Å²) in [5.74, 6) is 0.284. The second-order valence-electron chi connectivity index (χ2n) is 3.26. The number of hydrogen-bond donors (Lipinski definition) is 2. The van der Waals surface area contributed by atoms with E-state index in [0.717, 1.165) is 19.3 Å². The van der Waals surface area contributed by atoms with Gasteiger partial charge in [-0.1, -0.05) is 0 Å². The van der Waals surface area contributed by atoms with Gasteiger partial charge in [-0.3, -0.25) is 4.79 Å². The van der Waals surface area contributed by atoms with Gasteiger partial charge < -0.3 is 10.4 Å². The molecule has 0 aromatic rings. The van der Waals surface area contributed by atoms with Crippen LogP contribution in [0.2, 0.25) is 0 Å². The van der Waals surface area contributed by atoms with Gasteiger partial charge in [-0.15, -0.1) is 11.6 Å². The SMILES string of the molecule is O=C(CCl)NC1CCC(CO)C1. The van der Waals surface area contributed by atoms with Crippen molar-refractivity contribution in [3.05, 3.63) is 0 Å². The summed E-state index contributed by atoms with van der Waals surface area (Å²) in [4.78, 5) is 10.9. The van der Waals surface area contributed by atoms with Gasteiger partial charge in [-0.2, -0.15) is 0 Å². The Hall–Kier alpha value is -0.280. The summed E-state index contributed by atoms with van der Waals surface area (Å²) in [6.07, 6.45) is 2.86. The van der Waals surface area contributed by atoms with E-state index in [-0.39, 0.29) is 24.4 Å². The summed E-state index contributed by atoms with van der Waals surface area (Å²) in [6, 6.07) is 0.230. The van der Waals surface area contributed by atoms with Crippen LogP contribution in [0.1, 0.15) is 19.3 Å².